The van der Waals surface area contributed by atoms with Gasteiger partial charge in [0.05, 0.1) is 17.5 Å². The fourth-order valence-corrected chi connectivity index (χ4v) is 3.33. The minimum Gasteiger partial charge on any atom is -0.481 e. The molecule has 0 spiro atoms. The van der Waals surface area contributed by atoms with Crippen molar-refractivity contribution in [3.8, 4) is 0 Å². The second kappa shape index (κ2) is 7.03. The van der Waals surface area contributed by atoms with Crippen molar-refractivity contribution in [2.45, 2.75) is 13.8 Å². The monoisotopic (exact) mass is 388 g/mol. The van der Waals surface area contributed by atoms with Crippen LogP contribution in [0.1, 0.15) is 24.2 Å². The molecule has 3 N–H and O–H groups in total. The van der Waals surface area contributed by atoms with E-state index in [0.717, 1.165) is 12.1 Å². The number of anilines is 2. The molecule has 2 aromatic rings. The summed E-state index contributed by atoms with van der Waals surface area (Å²) >= 11 is 0. The number of carboxylic acid groups (broad SMARTS) is 1. The van der Waals surface area contributed by atoms with Crippen molar-refractivity contribution in [1.29, 1.82) is 0 Å². The van der Waals surface area contributed by atoms with Crippen LogP contribution in [0.3, 0.4) is 0 Å². The molecule has 146 valence electrons. The predicted octanol–water partition coefficient (Wildman–Crippen LogP) is 3.51. The summed E-state index contributed by atoms with van der Waals surface area (Å²) < 4.78 is 26.6. The van der Waals surface area contributed by atoms with Crippen molar-refractivity contribution in [2.24, 2.45) is 17.3 Å². The molecule has 0 aromatic heterocycles. The Morgan fingerprint density at radius 1 is 1.00 bits per heavy atom. The van der Waals surface area contributed by atoms with Gasteiger partial charge in [-0.2, -0.15) is 0 Å². The number of carboxylic acids is 1. The van der Waals surface area contributed by atoms with Crippen LogP contribution in [0.15, 0.2) is 42.5 Å². The third-order valence-electron chi connectivity index (χ3n) is 4.95. The fourth-order valence-electron chi connectivity index (χ4n) is 3.33. The molecule has 0 bridgehead atoms. The van der Waals surface area contributed by atoms with Crippen molar-refractivity contribution in [2.75, 3.05) is 10.6 Å². The summed E-state index contributed by atoms with van der Waals surface area (Å²) in [5.41, 5.74) is -0.370. The summed E-state index contributed by atoms with van der Waals surface area (Å²) in [6, 6.07) is 8.72. The molecule has 2 amide bonds. The highest BCUT2D eigenvalue weighted by Gasteiger charge is 2.65. The number of carbonyl (C=O) groups is 3. The van der Waals surface area contributed by atoms with E-state index in [1.165, 1.54) is 18.2 Å². The summed E-state index contributed by atoms with van der Waals surface area (Å²) in [5.74, 6) is -5.22. The Bertz CT molecular complexity index is 974. The Kier molecular flexibility index (Phi) is 4.89. The minimum absolute atomic E-state index is 0.145. The summed E-state index contributed by atoms with van der Waals surface area (Å²) in [6.07, 6.45) is 0. The number of nitrogens with one attached hydrogen (secondary N) is 2. The molecule has 3 rings (SSSR count). The van der Waals surface area contributed by atoms with Gasteiger partial charge >= 0.3 is 5.97 Å². The van der Waals surface area contributed by atoms with Gasteiger partial charge in [-0.15, -0.1) is 0 Å². The van der Waals surface area contributed by atoms with Crippen LogP contribution in [-0.4, -0.2) is 22.9 Å². The van der Waals surface area contributed by atoms with Gasteiger partial charge in [-0.05, 0) is 35.7 Å². The smallest absolute Gasteiger partial charge is 0.307 e. The average Bonchev–Trinajstić information content (AvgIpc) is 3.20. The Morgan fingerprint density at radius 3 is 2.32 bits per heavy atom. The number of halogens is 2. The van der Waals surface area contributed by atoms with Crippen molar-refractivity contribution in [3.05, 3.63) is 59.7 Å². The van der Waals surface area contributed by atoms with Crippen LogP contribution >= 0.6 is 0 Å². The first kappa shape index (κ1) is 19.5. The molecule has 0 unspecified atom stereocenters. The van der Waals surface area contributed by atoms with Crippen molar-refractivity contribution in [3.63, 3.8) is 0 Å². The van der Waals surface area contributed by atoms with Gasteiger partial charge in [0.15, 0.2) is 0 Å². The molecule has 1 saturated carbocycles. The quantitative estimate of drug-likeness (QED) is 0.730. The molecule has 2 atom stereocenters. The first-order valence-electron chi connectivity index (χ1n) is 8.51. The second-order valence-electron chi connectivity index (χ2n) is 7.26. The van der Waals surface area contributed by atoms with Crippen LogP contribution in [-0.2, 0) is 9.59 Å². The van der Waals surface area contributed by atoms with E-state index in [2.05, 4.69) is 10.6 Å². The molecular weight excluding hydrogens is 370 g/mol. The second-order valence-corrected chi connectivity index (χ2v) is 7.26. The number of carbonyl (C=O) groups excluding carboxylic acids is 2. The van der Waals surface area contributed by atoms with Crippen LogP contribution < -0.4 is 10.6 Å². The average molecular weight is 388 g/mol. The predicted molar refractivity (Wildman–Crippen MR) is 97.8 cm³/mol. The van der Waals surface area contributed by atoms with Gasteiger partial charge in [-0.3, -0.25) is 14.4 Å². The van der Waals surface area contributed by atoms with E-state index in [0.29, 0.717) is 11.8 Å². The molecule has 0 aliphatic heterocycles. The summed E-state index contributed by atoms with van der Waals surface area (Å²) in [7, 11) is 0. The van der Waals surface area contributed by atoms with Crippen LogP contribution in [0.25, 0.3) is 0 Å². The van der Waals surface area contributed by atoms with Crippen molar-refractivity contribution in [1.82, 2.24) is 0 Å². The molecule has 1 aliphatic carbocycles. The Balaban J connectivity index is 1.71. The Labute approximate surface area is 159 Å². The van der Waals surface area contributed by atoms with Gasteiger partial charge in [0, 0.05) is 17.3 Å². The zero-order chi connectivity index (χ0) is 20.6. The molecule has 0 heterocycles. The summed E-state index contributed by atoms with van der Waals surface area (Å²) in [5, 5.41) is 14.1. The van der Waals surface area contributed by atoms with E-state index in [-0.39, 0.29) is 11.3 Å². The van der Waals surface area contributed by atoms with E-state index < -0.39 is 46.7 Å². The van der Waals surface area contributed by atoms with Gasteiger partial charge < -0.3 is 15.7 Å². The highest BCUT2D eigenvalue weighted by Crippen LogP contribution is 2.58. The van der Waals surface area contributed by atoms with E-state index in [1.54, 1.807) is 19.9 Å². The van der Waals surface area contributed by atoms with E-state index in [9.17, 15) is 28.3 Å². The van der Waals surface area contributed by atoms with Crippen LogP contribution in [0, 0.1) is 28.9 Å². The minimum atomic E-state index is -1.03. The van der Waals surface area contributed by atoms with Crippen molar-refractivity contribution < 1.29 is 28.3 Å². The zero-order valence-electron chi connectivity index (χ0n) is 15.1. The standard InChI is InChI=1S/C20H18F2N2O4/c1-20(2)15(16(20)19(27)28)18(26)23-12-5-3-4-10(8-12)17(25)24-14-7-6-11(21)9-13(14)22/h3-9,15-16H,1-2H3,(H,23,26)(H,24,25)(H,27,28)/t15-,16-/m0/s1. The maximum Gasteiger partial charge on any atom is 0.307 e. The highest BCUT2D eigenvalue weighted by molar-refractivity contribution is 6.06. The van der Waals surface area contributed by atoms with Crippen LogP contribution in [0.2, 0.25) is 0 Å². The van der Waals surface area contributed by atoms with Crippen molar-refractivity contribution >= 4 is 29.2 Å². The Morgan fingerprint density at radius 2 is 1.71 bits per heavy atom. The molecular formula is C20H18F2N2O4. The van der Waals surface area contributed by atoms with E-state index in [4.69, 9.17) is 0 Å². The molecule has 28 heavy (non-hydrogen) atoms. The van der Waals surface area contributed by atoms with Gasteiger partial charge in [-0.25, -0.2) is 8.78 Å². The summed E-state index contributed by atoms with van der Waals surface area (Å²) in [4.78, 5) is 35.9. The molecule has 6 nitrogen and oxygen atoms in total. The SMILES string of the molecule is CC1(C)[C@H](C(=O)O)[C@H]1C(=O)Nc1cccc(C(=O)Nc2ccc(F)cc2F)c1. The molecule has 0 saturated heterocycles. The summed E-state index contributed by atoms with van der Waals surface area (Å²) in [6.45, 7) is 3.41. The number of aliphatic carboxylic acids is 1. The third-order valence-corrected chi connectivity index (χ3v) is 4.95. The fraction of sp³-hybridized carbons (Fsp3) is 0.250. The Hall–Kier alpha value is -3.29. The maximum atomic E-state index is 13.7. The van der Waals surface area contributed by atoms with Gasteiger partial charge in [0.25, 0.3) is 5.91 Å². The molecule has 1 fully saturated rings. The number of hydrogen-bond donors (Lipinski definition) is 3. The first-order chi connectivity index (χ1) is 13.1. The van der Waals surface area contributed by atoms with E-state index in [1.807, 2.05) is 0 Å². The molecule has 8 heteroatoms. The number of amides is 2. The number of rotatable bonds is 5. The van der Waals surface area contributed by atoms with Gasteiger partial charge in [0.2, 0.25) is 5.91 Å². The zero-order valence-corrected chi connectivity index (χ0v) is 15.1. The lowest BCUT2D eigenvalue weighted by Gasteiger charge is -2.09. The third kappa shape index (κ3) is 3.71. The lowest BCUT2D eigenvalue weighted by molar-refractivity contribution is -0.140. The molecule has 0 radical (unpaired) electrons. The molecule has 2 aromatic carbocycles. The lowest BCUT2D eigenvalue weighted by atomic mass is 10.1. The van der Waals surface area contributed by atoms with Gasteiger partial charge in [-0.1, -0.05) is 19.9 Å². The maximum absolute atomic E-state index is 13.7. The number of hydrogen-bond acceptors (Lipinski definition) is 3. The molecule has 1 aliphatic rings. The number of benzene rings is 2. The topological polar surface area (TPSA) is 95.5 Å². The normalized spacial score (nSPS) is 19.6. The van der Waals surface area contributed by atoms with Crippen LogP contribution in [0.4, 0.5) is 20.2 Å². The largest absolute Gasteiger partial charge is 0.481 e. The van der Waals surface area contributed by atoms with E-state index >= 15 is 0 Å². The van der Waals surface area contributed by atoms with Crippen LogP contribution in [0.5, 0.6) is 0 Å². The first-order valence-corrected chi connectivity index (χ1v) is 8.51. The van der Waals surface area contributed by atoms with Gasteiger partial charge in [0.1, 0.15) is 11.6 Å². The highest BCUT2D eigenvalue weighted by atomic mass is 19.1. The lowest BCUT2D eigenvalue weighted by Crippen LogP contribution is -2.18.